The van der Waals surface area contributed by atoms with Crippen LogP contribution in [-0.2, 0) is 9.53 Å². The summed E-state index contributed by atoms with van der Waals surface area (Å²) in [6.07, 6.45) is -0.762. The van der Waals surface area contributed by atoms with Gasteiger partial charge in [-0.2, -0.15) is 0 Å². The summed E-state index contributed by atoms with van der Waals surface area (Å²) >= 11 is 5.65. The Balaban J connectivity index is 2.44. The second-order valence-electron chi connectivity index (χ2n) is 4.15. The lowest BCUT2D eigenvalue weighted by atomic mass is 10.1. The number of carbonyl (C=O) groups excluding carboxylic acids is 2. The Hall–Kier alpha value is -1.75. The number of ether oxygens (including phenoxy) is 1. The predicted molar refractivity (Wildman–Crippen MR) is 61.2 cm³/mol. The largest absolute Gasteiger partial charge is 0.506 e. The third-order valence-corrected chi connectivity index (χ3v) is 2.75. The van der Waals surface area contributed by atoms with Crippen LogP contribution in [0.1, 0.15) is 13.8 Å². The van der Waals surface area contributed by atoms with Gasteiger partial charge in [0.15, 0.2) is 5.60 Å². The lowest BCUT2D eigenvalue weighted by Gasteiger charge is -2.14. The van der Waals surface area contributed by atoms with Crippen molar-refractivity contribution in [1.82, 2.24) is 0 Å². The third kappa shape index (κ3) is 1.82. The lowest BCUT2D eigenvalue weighted by Crippen LogP contribution is -2.36. The molecule has 0 spiro atoms. The Bertz CT molecular complexity index is 512. The van der Waals surface area contributed by atoms with Crippen molar-refractivity contribution in [2.75, 3.05) is 4.90 Å². The normalized spacial score (nSPS) is 18.4. The van der Waals surface area contributed by atoms with Crippen molar-refractivity contribution in [2.24, 2.45) is 0 Å². The second-order valence-corrected chi connectivity index (χ2v) is 4.56. The summed E-state index contributed by atoms with van der Waals surface area (Å²) in [5.74, 6) is -0.682. The Morgan fingerprint density at radius 2 is 2.00 bits per heavy atom. The van der Waals surface area contributed by atoms with Crippen LogP contribution in [0.4, 0.5) is 10.5 Å². The van der Waals surface area contributed by atoms with E-state index < -0.39 is 17.6 Å². The Labute approximate surface area is 103 Å². The van der Waals surface area contributed by atoms with Crippen molar-refractivity contribution < 1.29 is 19.4 Å². The number of aromatic hydroxyl groups is 1. The SMILES string of the molecule is CC1(C)OC(=O)N(c2ccc(Cl)c(O)c2)C1=O. The molecule has 1 aliphatic rings. The minimum atomic E-state index is -1.19. The summed E-state index contributed by atoms with van der Waals surface area (Å²) in [4.78, 5) is 24.3. The van der Waals surface area contributed by atoms with Gasteiger partial charge in [0, 0.05) is 6.07 Å². The zero-order valence-electron chi connectivity index (χ0n) is 9.23. The average Bonchev–Trinajstić information content (AvgIpc) is 2.42. The smallest absolute Gasteiger partial charge is 0.422 e. The number of anilines is 1. The van der Waals surface area contributed by atoms with Crippen molar-refractivity contribution >= 4 is 29.3 Å². The van der Waals surface area contributed by atoms with E-state index in [4.69, 9.17) is 16.3 Å². The molecule has 1 aliphatic heterocycles. The number of cyclic esters (lactones) is 1. The molecule has 1 saturated heterocycles. The Morgan fingerprint density at radius 1 is 1.35 bits per heavy atom. The predicted octanol–water partition coefficient (Wildman–Crippen LogP) is 2.31. The minimum absolute atomic E-state index is 0.146. The van der Waals surface area contributed by atoms with Crippen molar-refractivity contribution in [3.63, 3.8) is 0 Å². The van der Waals surface area contributed by atoms with Crippen molar-refractivity contribution in [3.8, 4) is 5.75 Å². The fourth-order valence-electron chi connectivity index (χ4n) is 1.52. The van der Waals surface area contributed by atoms with E-state index in [1.165, 1.54) is 32.0 Å². The van der Waals surface area contributed by atoms with Crippen LogP contribution in [0.3, 0.4) is 0 Å². The molecule has 0 bridgehead atoms. The summed E-state index contributed by atoms with van der Waals surface area (Å²) in [7, 11) is 0. The molecule has 0 aliphatic carbocycles. The molecule has 17 heavy (non-hydrogen) atoms. The molecule has 2 rings (SSSR count). The molecule has 5 nitrogen and oxygen atoms in total. The van der Waals surface area contributed by atoms with Crippen LogP contribution in [0.25, 0.3) is 0 Å². The van der Waals surface area contributed by atoms with Gasteiger partial charge in [-0.05, 0) is 26.0 Å². The van der Waals surface area contributed by atoms with Gasteiger partial charge in [-0.3, -0.25) is 4.79 Å². The van der Waals surface area contributed by atoms with E-state index >= 15 is 0 Å². The molecule has 90 valence electrons. The summed E-state index contributed by atoms with van der Waals surface area (Å²) in [5.41, 5.74) is -0.959. The number of amides is 2. The highest BCUT2D eigenvalue weighted by molar-refractivity contribution is 6.32. The number of carbonyl (C=O) groups is 2. The monoisotopic (exact) mass is 255 g/mol. The first-order valence-corrected chi connectivity index (χ1v) is 5.27. The number of imide groups is 1. The number of rotatable bonds is 1. The van der Waals surface area contributed by atoms with E-state index in [2.05, 4.69) is 0 Å². The van der Waals surface area contributed by atoms with Crippen molar-refractivity contribution in [2.45, 2.75) is 19.4 Å². The Morgan fingerprint density at radius 3 is 2.47 bits per heavy atom. The lowest BCUT2D eigenvalue weighted by molar-refractivity contribution is -0.127. The molecule has 2 amide bonds. The molecule has 1 aromatic carbocycles. The molecular weight excluding hydrogens is 246 g/mol. The van der Waals surface area contributed by atoms with Gasteiger partial charge in [-0.1, -0.05) is 11.6 Å². The fourth-order valence-corrected chi connectivity index (χ4v) is 1.64. The first-order chi connectivity index (χ1) is 7.83. The molecule has 0 atom stereocenters. The summed E-state index contributed by atoms with van der Waals surface area (Å²) in [6.45, 7) is 3.01. The number of phenolic OH excluding ortho intramolecular Hbond substituents is 1. The number of benzene rings is 1. The van der Waals surface area contributed by atoms with Gasteiger partial charge in [0.25, 0.3) is 5.91 Å². The maximum absolute atomic E-state index is 11.9. The van der Waals surface area contributed by atoms with Crippen LogP contribution in [-0.4, -0.2) is 22.7 Å². The van der Waals surface area contributed by atoms with Gasteiger partial charge in [0.1, 0.15) is 5.75 Å². The third-order valence-electron chi connectivity index (χ3n) is 2.43. The maximum atomic E-state index is 11.9. The summed E-state index contributed by atoms with van der Waals surface area (Å²) in [5, 5.41) is 9.59. The van der Waals surface area contributed by atoms with Gasteiger partial charge in [0.2, 0.25) is 0 Å². The molecular formula is C11H10ClNO4. The van der Waals surface area contributed by atoms with Crippen LogP contribution in [0.15, 0.2) is 18.2 Å². The van der Waals surface area contributed by atoms with E-state index in [0.29, 0.717) is 0 Å². The van der Waals surface area contributed by atoms with Crippen molar-refractivity contribution in [3.05, 3.63) is 23.2 Å². The zero-order valence-corrected chi connectivity index (χ0v) is 9.99. The highest BCUT2D eigenvalue weighted by Gasteiger charge is 2.47. The second kappa shape index (κ2) is 3.63. The van der Waals surface area contributed by atoms with Gasteiger partial charge in [0.05, 0.1) is 10.7 Å². The van der Waals surface area contributed by atoms with E-state index in [1.54, 1.807) is 0 Å². The number of phenols is 1. The van der Waals surface area contributed by atoms with Gasteiger partial charge in [-0.25, -0.2) is 9.69 Å². The average molecular weight is 256 g/mol. The van der Waals surface area contributed by atoms with Gasteiger partial charge < -0.3 is 9.84 Å². The number of halogens is 1. The number of hydrogen-bond acceptors (Lipinski definition) is 4. The van der Waals surface area contributed by atoms with Crippen LogP contribution in [0.2, 0.25) is 5.02 Å². The fraction of sp³-hybridized carbons (Fsp3) is 0.273. The van der Waals surface area contributed by atoms with Crippen molar-refractivity contribution in [1.29, 1.82) is 0 Å². The van der Waals surface area contributed by atoms with E-state index in [9.17, 15) is 14.7 Å². The quantitative estimate of drug-likeness (QED) is 0.836. The highest BCUT2D eigenvalue weighted by atomic mass is 35.5. The van der Waals surface area contributed by atoms with E-state index in [0.717, 1.165) is 4.90 Å². The minimum Gasteiger partial charge on any atom is -0.506 e. The zero-order chi connectivity index (χ0) is 12.8. The molecule has 0 unspecified atom stereocenters. The van der Waals surface area contributed by atoms with Crippen LogP contribution >= 0.6 is 11.6 Å². The van der Waals surface area contributed by atoms with Crippen LogP contribution in [0, 0.1) is 0 Å². The molecule has 0 saturated carbocycles. The molecule has 0 aromatic heterocycles. The number of hydrogen-bond donors (Lipinski definition) is 1. The standard InChI is InChI=1S/C11H10ClNO4/c1-11(2)9(15)13(10(16)17-11)6-3-4-7(12)8(14)5-6/h3-5,14H,1-2H3. The van der Waals surface area contributed by atoms with E-state index in [-0.39, 0.29) is 16.5 Å². The topological polar surface area (TPSA) is 66.8 Å². The molecule has 1 fully saturated rings. The van der Waals surface area contributed by atoms with Crippen LogP contribution < -0.4 is 4.90 Å². The van der Waals surface area contributed by atoms with E-state index in [1.807, 2.05) is 0 Å². The molecule has 1 aromatic rings. The summed E-state index contributed by atoms with van der Waals surface area (Å²) in [6, 6.07) is 4.10. The Kier molecular flexibility index (Phi) is 2.50. The first-order valence-electron chi connectivity index (χ1n) is 4.89. The highest BCUT2D eigenvalue weighted by Crippen LogP contribution is 2.33. The number of nitrogens with zero attached hydrogens (tertiary/aromatic N) is 1. The van der Waals surface area contributed by atoms with Crippen LogP contribution in [0.5, 0.6) is 5.75 Å². The summed E-state index contributed by atoms with van der Waals surface area (Å²) < 4.78 is 4.92. The molecule has 6 heteroatoms. The van der Waals surface area contributed by atoms with Gasteiger partial charge >= 0.3 is 6.09 Å². The first kappa shape index (κ1) is 11.7. The molecule has 1 N–H and O–H groups in total. The maximum Gasteiger partial charge on any atom is 0.422 e. The van der Waals surface area contributed by atoms with Gasteiger partial charge in [-0.15, -0.1) is 0 Å². The molecule has 0 radical (unpaired) electrons. The molecule has 1 heterocycles.